The van der Waals surface area contributed by atoms with E-state index in [2.05, 4.69) is 5.32 Å². The number of anilines is 2. The van der Waals surface area contributed by atoms with Gasteiger partial charge in [0.25, 0.3) is 0 Å². The smallest absolute Gasteiger partial charge is 0.350 e. The van der Waals surface area contributed by atoms with E-state index in [-0.39, 0.29) is 5.97 Å². The first-order chi connectivity index (χ1) is 9.67. The van der Waals surface area contributed by atoms with Crippen LogP contribution in [0.25, 0.3) is 0 Å². The SMILES string of the molecule is CCOC(=O)c1sc(NC2CCCCC2)c(SC)c1N. The molecule has 0 bridgehead atoms. The normalized spacial score (nSPS) is 16.1. The summed E-state index contributed by atoms with van der Waals surface area (Å²) in [6.45, 7) is 2.18. The van der Waals surface area contributed by atoms with Gasteiger partial charge in [0, 0.05) is 6.04 Å². The number of esters is 1. The Labute approximate surface area is 128 Å². The van der Waals surface area contributed by atoms with Gasteiger partial charge >= 0.3 is 5.97 Å². The van der Waals surface area contributed by atoms with Gasteiger partial charge in [-0.1, -0.05) is 19.3 Å². The first kappa shape index (κ1) is 15.5. The Hall–Kier alpha value is -0.880. The van der Waals surface area contributed by atoms with Gasteiger partial charge in [-0.2, -0.15) is 0 Å². The summed E-state index contributed by atoms with van der Waals surface area (Å²) in [5, 5.41) is 4.59. The van der Waals surface area contributed by atoms with Crippen LogP contribution in [0, 0.1) is 0 Å². The van der Waals surface area contributed by atoms with E-state index >= 15 is 0 Å². The van der Waals surface area contributed by atoms with Crippen molar-refractivity contribution in [2.24, 2.45) is 0 Å². The molecule has 6 heteroatoms. The van der Waals surface area contributed by atoms with Crippen LogP contribution in [0.15, 0.2) is 4.90 Å². The molecule has 0 radical (unpaired) electrons. The highest BCUT2D eigenvalue weighted by atomic mass is 32.2. The Morgan fingerprint density at radius 1 is 1.45 bits per heavy atom. The first-order valence-corrected chi connectivity index (χ1v) is 9.11. The lowest BCUT2D eigenvalue weighted by Gasteiger charge is -2.23. The predicted octanol–water partition coefficient (Wildman–Crippen LogP) is 3.97. The molecule has 2 rings (SSSR count). The van der Waals surface area contributed by atoms with Gasteiger partial charge in [-0.25, -0.2) is 4.79 Å². The molecule has 1 aromatic heterocycles. The van der Waals surface area contributed by atoms with Crippen molar-refractivity contribution in [3.63, 3.8) is 0 Å². The van der Waals surface area contributed by atoms with E-state index in [4.69, 9.17) is 10.5 Å². The second-order valence-corrected chi connectivity index (χ2v) is 6.74. The van der Waals surface area contributed by atoms with Crippen LogP contribution >= 0.6 is 23.1 Å². The molecule has 1 heterocycles. The number of ether oxygens (including phenoxy) is 1. The Kier molecular flexibility index (Phi) is 5.60. The zero-order valence-electron chi connectivity index (χ0n) is 12.0. The van der Waals surface area contributed by atoms with E-state index in [1.54, 1.807) is 18.7 Å². The van der Waals surface area contributed by atoms with E-state index in [1.165, 1.54) is 43.4 Å². The number of carbonyl (C=O) groups excluding carboxylic acids is 1. The number of rotatable bonds is 5. The summed E-state index contributed by atoms with van der Waals surface area (Å²) in [5.41, 5.74) is 6.65. The maximum Gasteiger partial charge on any atom is 0.350 e. The van der Waals surface area contributed by atoms with E-state index in [0.29, 0.717) is 23.2 Å². The van der Waals surface area contributed by atoms with E-state index in [9.17, 15) is 4.79 Å². The topological polar surface area (TPSA) is 64.3 Å². The summed E-state index contributed by atoms with van der Waals surface area (Å²) in [6, 6.07) is 0.503. The van der Waals surface area contributed by atoms with Crippen LogP contribution < -0.4 is 11.1 Å². The molecular weight excluding hydrogens is 292 g/mol. The third-order valence-corrected chi connectivity index (χ3v) is 5.58. The third kappa shape index (κ3) is 3.41. The largest absolute Gasteiger partial charge is 0.462 e. The highest BCUT2D eigenvalue weighted by molar-refractivity contribution is 7.99. The van der Waals surface area contributed by atoms with Crippen molar-refractivity contribution < 1.29 is 9.53 Å². The number of carbonyl (C=O) groups is 1. The fraction of sp³-hybridized carbons (Fsp3) is 0.643. The van der Waals surface area contributed by atoms with Gasteiger partial charge in [0.2, 0.25) is 0 Å². The van der Waals surface area contributed by atoms with Crippen molar-refractivity contribution in [1.82, 2.24) is 0 Å². The fourth-order valence-electron chi connectivity index (χ4n) is 2.51. The summed E-state index contributed by atoms with van der Waals surface area (Å²) >= 11 is 3.00. The molecule has 20 heavy (non-hydrogen) atoms. The zero-order valence-corrected chi connectivity index (χ0v) is 13.7. The maximum atomic E-state index is 11.9. The quantitative estimate of drug-likeness (QED) is 0.636. The molecule has 0 aromatic carbocycles. The standard InChI is InChI=1S/C14H22N2O2S2/c1-3-18-14(17)12-10(15)11(19-2)13(20-12)16-9-7-5-4-6-8-9/h9,16H,3-8,15H2,1-2H3. The van der Waals surface area contributed by atoms with Crippen LogP contribution in [0.5, 0.6) is 0 Å². The third-order valence-electron chi connectivity index (χ3n) is 3.50. The molecule has 112 valence electrons. The summed E-state index contributed by atoms with van der Waals surface area (Å²) < 4.78 is 5.07. The first-order valence-electron chi connectivity index (χ1n) is 7.07. The number of thiophene rings is 1. The van der Waals surface area contributed by atoms with Crippen molar-refractivity contribution >= 4 is 39.8 Å². The number of nitrogens with two attached hydrogens (primary N) is 1. The lowest BCUT2D eigenvalue weighted by Crippen LogP contribution is -2.21. The minimum atomic E-state index is -0.318. The zero-order chi connectivity index (χ0) is 14.5. The lowest BCUT2D eigenvalue weighted by atomic mass is 9.96. The molecule has 1 fully saturated rings. The molecule has 1 aliphatic rings. The van der Waals surface area contributed by atoms with E-state index in [1.807, 2.05) is 6.26 Å². The van der Waals surface area contributed by atoms with Gasteiger partial charge in [-0.15, -0.1) is 23.1 Å². The van der Waals surface area contributed by atoms with Crippen molar-refractivity contribution in [1.29, 1.82) is 0 Å². The van der Waals surface area contributed by atoms with Crippen molar-refractivity contribution in [2.45, 2.75) is 50.0 Å². The lowest BCUT2D eigenvalue weighted by molar-refractivity contribution is 0.0533. The summed E-state index contributed by atoms with van der Waals surface area (Å²) in [4.78, 5) is 13.4. The van der Waals surface area contributed by atoms with Crippen LogP contribution in [-0.4, -0.2) is 24.9 Å². The summed E-state index contributed by atoms with van der Waals surface area (Å²) in [6.07, 6.45) is 8.25. The fourth-order valence-corrected chi connectivity index (χ4v) is 4.50. The van der Waals surface area contributed by atoms with Gasteiger partial charge in [-0.05, 0) is 26.0 Å². The monoisotopic (exact) mass is 314 g/mol. The Morgan fingerprint density at radius 2 is 2.15 bits per heavy atom. The van der Waals surface area contributed by atoms with Crippen molar-refractivity contribution in [3.05, 3.63) is 4.88 Å². The Morgan fingerprint density at radius 3 is 2.75 bits per heavy atom. The molecule has 1 aliphatic carbocycles. The second-order valence-electron chi connectivity index (χ2n) is 4.91. The molecule has 3 N–H and O–H groups in total. The van der Waals surface area contributed by atoms with E-state index < -0.39 is 0 Å². The highest BCUT2D eigenvalue weighted by Gasteiger charge is 2.23. The van der Waals surface area contributed by atoms with Crippen molar-refractivity contribution in [2.75, 3.05) is 23.9 Å². The molecule has 1 aromatic rings. The molecule has 0 spiro atoms. The van der Waals surface area contributed by atoms with Crippen molar-refractivity contribution in [3.8, 4) is 0 Å². The van der Waals surface area contributed by atoms with Crippen LogP contribution in [0.3, 0.4) is 0 Å². The minimum Gasteiger partial charge on any atom is -0.462 e. The highest BCUT2D eigenvalue weighted by Crippen LogP contribution is 2.43. The van der Waals surface area contributed by atoms with E-state index in [0.717, 1.165) is 9.90 Å². The number of hydrogen-bond donors (Lipinski definition) is 2. The average Bonchev–Trinajstić information content (AvgIpc) is 2.76. The van der Waals surface area contributed by atoms with Gasteiger partial charge < -0.3 is 15.8 Å². The number of thioether (sulfide) groups is 1. The summed E-state index contributed by atoms with van der Waals surface area (Å²) in [5.74, 6) is -0.318. The average molecular weight is 314 g/mol. The Bertz CT molecular complexity index is 468. The molecule has 1 saturated carbocycles. The molecular formula is C14H22N2O2S2. The second kappa shape index (κ2) is 7.22. The number of nitrogen functional groups attached to an aromatic ring is 1. The molecule has 4 nitrogen and oxygen atoms in total. The maximum absolute atomic E-state index is 11.9. The molecule has 0 unspecified atom stereocenters. The Balaban J connectivity index is 2.18. The number of nitrogens with one attached hydrogen (secondary N) is 1. The summed E-state index contributed by atoms with van der Waals surface area (Å²) in [7, 11) is 0. The van der Waals surface area contributed by atoms with Gasteiger partial charge in [0.1, 0.15) is 9.88 Å². The predicted molar refractivity (Wildman–Crippen MR) is 87.0 cm³/mol. The van der Waals surface area contributed by atoms with Crippen LogP contribution in [0.4, 0.5) is 10.7 Å². The van der Waals surface area contributed by atoms with Gasteiger partial charge in [0.15, 0.2) is 0 Å². The number of hydrogen-bond acceptors (Lipinski definition) is 6. The molecule has 0 amide bonds. The van der Waals surface area contributed by atoms with Crippen LogP contribution in [-0.2, 0) is 4.74 Å². The molecule has 0 aliphatic heterocycles. The van der Waals surface area contributed by atoms with Gasteiger partial charge in [0.05, 0.1) is 17.2 Å². The van der Waals surface area contributed by atoms with Gasteiger partial charge in [-0.3, -0.25) is 0 Å². The van der Waals surface area contributed by atoms with Crippen LogP contribution in [0.2, 0.25) is 0 Å². The molecule has 0 atom stereocenters. The minimum absolute atomic E-state index is 0.318. The molecule has 0 saturated heterocycles. The van der Waals surface area contributed by atoms with Crippen LogP contribution in [0.1, 0.15) is 48.7 Å².